The summed E-state index contributed by atoms with van der Waals surface area (Å²) in [6.07, 6.45) is 5.88. The minimum Gasteiger partial charge on any atom is -0.491 e. The van der Waals surface area contributed by atoms with E-state index < -0.39 is 0 Å². The molecule has 6 nitrogen and oxygen atoms in total. The van der Waals surface area contributed by atoms with Crippen molar-refractivity contribution in [2.75, 3.05) is 18.4 Å². The zero-order valence-electron chi connectivity index (χ0n) is 19.4. The summed E-state index contributed by atoms with van der Waals surface area (Å²) in [5.74, 6) is 1.06. The number of carbonyl (C=O) groups is 1. The van der Waals surface area contributed by atoms with Crippen molar-refractivity contribution in [2.45, 2.75) is 39.7 Å². The van der Waals surface area contributed by atoms with E-state index in [0.29, 0.717) is 11.4 Å². The third kappa shape index (κ3) is 6.05. The molecule has 0 saturated heterocycles. The number of hydrogen-bond acceptors (Lipinski definition) is 5. The van der Waals surface area contributed by atoms with E-state index in [0.717, 1.165) is 53.7 Å². The molecule has 0 aliphatic carbocycles. The van der Waals surface area contributed by atoms with Gasteiger partial charge in [0.1, 0.15) is 11.6 Å². The van der Waals surface area contributed by atoms with Gasteiger partial charge in [0.2, 0.25) is 0 Å². The second kappa shape index (κ2) is 10.4. The number of pyridine rings is 1. The lowest BCUT2D eigenvalue weighted by Gasteiger charge is -2.11. The van der Waals surface area contributed by atoms with Crippen LogP contribution in [-0.4, -0.2) is 35.8 Å². The van der Waals surface area contributed by atoms with Crippen molar-refractivity contribution < 1.29 is 9.53 Å². The second-order valence-electron chi connectivity index (χ2n) is 8.58. The minimum absolute atomic E-state index is 0.0894. The van der Waals surface area contributed by atoms with E-state index in [4.69, 9.17) is 4.74 Å². The summed E-state index contributed by atoms with van der Waals surface area (Å²) in [4.78, 5) is 21.7. The molecule has 1 aliphatic heterocycles. The lowest BCUT2D eigenvalue weighted by molar-refractivity contribution is 0.102. The number of hydrogen-bond donors (Lipinski definition) is 2. The first-order valence-electron chi connectivity index (χ1n) is 11.4. The Bertz CT molecular complexity index is 1200. The summed E-state index contributed by atoms with van der Waals surface area (Å²) in [6.45, 7) is 7.78. The smallest absolute Gasteiger partial charge is 0.256 e. The van der Waals surface area contributed by atoms with Crippen LogP contribution in [0.3, 0.4) is 0 Å². The van der Waals surface area contributed by atoms with E-state index in [1.165, 1.54) is 5.57 Å². The quantitative estimate of drug-likeness (QED) is 0.550. The second-order valence-corrected chi connectivity index (χ2v) is 8.58. The highest BCUT2D eigenvalue weighted by Crippen LogP contribution is 2.26. The molecule has 1 amide bonds. The standard InChI is InChI=1S/C27H30N4O2/c1-18(2)33-25-10-8-20(9-11-25)27(32)31-26-14-24-13-21(6-7-23(24)17-30-26)22-5-4-12-28-15-19(3)29-16-22/h6-11,13-14,16-18,28H,4-5,12,15H2,1-3H3,(H,30,31,32)/b22-16+,29-19?. The summed E-state index contributed by atoms with van der Waals surface area (Å²) in [5.41, 5.74) is 3.99. The van der Waals surface area contributed by atoms with Crippen LogP contribution >= 0.6 is 0 Å². The van der Waals surface area contributed by atoms with Crippen LogP contribution in [0.25, 0.3) is 16.3 Å². The maximum absolute atomic E-state index is 12.7. The van der Waals surface area contributed by atoms with Crippen molar-refractivity contribution in [3.63, 3.8) is 0 Å². The lowest BCUT2D eigenvalue weighted by Crippen LogP contribution is -2.21. The van der Waals surface area contributed by atoms with E-state index in [-0.39, 0.29) is 12.0 Å². The van der Waals surface area contributed by atoms with Gasteiger partial charge in [0.15, 0.2) is 0 Å². The van der Waals surface area contributed by atoms with Crippen LogP contribution in [0.5, 0.6) is 5.75 Å². The molecule has 170 valence electrons. The number of aromatic nitrogens is 1. The summed E-state index contributed by atoms with van der Waals surface area (Å²) in [5, 5.41) is 8.37. The van der Waals surface area contributed by atoms with E-state index in [9.17, 15) is 4.79 Å². The molecule has 0 radical (unpaired) electrons. The molecule has 6 heteroatoms. The maximum atomic E-state index is 12.7. The molecular weight excluding hydrogens is 412 g/mol. The molecule has 4 rings (SSSR count). The van der Waals surface area contributed by atoms with Crippen molar-refractivity contribution >= 4 is 33.8 Å². The van der Waals surface area contributed by atoms with Gasteiger partial charge in [-0.1, -0.05) is 12.1 Å². The molecule has 1 aromatic heterocycles. The fraction of sp³-hybridized carbons (Fsp3) is 0.296. The number of ether oxygens (including phenoxy) is 1. The molecule has 0 atom stereocenters. The molecule has 1 aliphatic rings. The van der Waals surface area contributed by atoms with Gasteiger partial charge in [0.05, 0.1) is 6.10 Å². The largest absolute Gasteiger partial charge is 0.491 e. The van der Waals surface area contributed by atoms with Crippen molar-refractivity contribution in [2.24, 2.45) is 4.99 Å². The van der Waals surface area contributed by atoms with Crippen LogP contribution < -0.4 is 15.4 Å². The molecule has 0 saturated carbocycles. The van der Waals surface area contributed by atoms with Crippen molar-refractivity contribution in [1.29, 1.82) is 0 Å². The minimum atomic E-state index is -0.203. The van der Waals surface area contributed by atoms with Crippen LogP contribution in [0.4, 0.5) is 5.82 Å². The zero-order chi connectivity index (χ0) is 23.2. The molecule has 2 N–H and O–H groups in total. The number of rotatable bonds is 5. The topological polar surface area (TPSA) is 75.6 Å². The normalized spacial score (nSPS) is 16.2. The Morgan fingerprint density at radius 3 is 2.70 bits per heavy atom. The molecule has 0 unspecified atom stereocenters. The van der Waals surface area contributed by atoms with Crippen LogP contribution in [0, 0.1) is 0 Å². The predicted molar refractivity (Wildman–Crippen MR) is 135 cm³/mol. The van der Waals surface area contributed by atoms with Gasteiger partial charge in [0, 0.05) is 35.6 Å². The first-order valence-corrected chi connectivity index (χ1v) is 11.4. The summed E-state index contributed by atoms with van der Waals surface area (Å²) in [7, 11) is 0. The molecule has 3 aromatic rings. The zero-order valence-corrected chi connectivity index (χ0v) is 19.4. The lowest BCUT2D eigenvalue weighted by atomic mass is 9.99. The van der Waals surface area contributed by atoms with E-state index in [1.807, 2.05) is 33.0 Å². The monoisotopic (exact) mass is 442 g/mol. The van der Waals surface area contributed by atoms with Crippen LogP contribution in [0.1, 0.15) is 49.5 Å². The highest BCUT2D eigenvalue weighted by Gasteiger charge is 2.10. The number of benzene rings is 2. The number of allylic oxidation sites excluding steroid dienone is 1. The van der Waals surface area contributed by atoms with Gasteiger partial charge in [-0.2, -0.15) is 0 Å². The predicted octanol–water partition coefficient (Wildman–Crippen LogP) is 5.46. The average Bonchev–Trinajstić information content (AvgIpc) is 2.90. The van der Waals surface area contributed by atoms with Gasteiger partial charge < -0.3 is 15.4 Å². The Balaban J connectivity index is 1.54. The van der Waals surface area contributed by atoms with E-state index >= 15 is 0 Å². The molecule has 2 aromatic carbocycles. The summed E-state index contributed by atoms with van der Waals surface area (Å²) >= 11 is 0. The van der Waals surface area contributed by atoms with Gasteiger partial charge in [0.25, 0.3) is 5.91 Å². The maximum Gasteiger partial charge on any atom is 0.256 e. The first-order chi connectivity index (χ1) is 16.0. The summed E-state index contributed by atoms with van der Waals surface area (Å²) in [6, 6.07) is 15.4. The molecule has 0 spiro atoms. The van der Waals surface area contributed by atoms with Gasteiger partial charge in [-0.3, -0.25) is 9.79 Å². The molecule has 33 heavy (non-hydrogen) atoms. The Labute approximate surface area is 194 Å². The molecular formula is C27H30N4O2. The van der Waals surface area contributed by atoms with Crippen LogP contribution in [0.15, 0.2) is 65.9 Å². The Morgan fingerprint density at radius 1 is 1.09 bits per heavy atom. The van der Waals surface area contributed by atoms with Crippen molar-refractivity contribution in [1.82, 2.24) is 10.3 Å². The Hall–Kier alpha value is -3.51. The van der Waals surface area contributed by atoms with Crippen molar-refractivity contribution in [3.8, 4) is 5.75 Å². The number of anilines is 1. The van der Waals surface area contributed by atoms with E-state index in [2.05, 4.69) is 38.8 Å². The van der Waals surface area contributed by atoms with Gasteiger partial charge in [-0.25, -0.2) is 4.98 Å². The molecule has 0 bridgehead atoms. The number of fused-ring (bicyclic) bond motifs is 1. The fourth-order valence-electron chi connectivity index (χ4n) is 3.74. The Kier molecular flexibility index (Phi) is 7.15. The number of nitrogens with zero attached hydrogens (tertiary/aromatic N) is 2. The van der Waals surface area contributed by atoms with Gasteiger partial charge >= 0.3 is 0 Å². The van der Waals surface area contributed by atoms with Gasteiger partial charge in [-0.15, -0.1) is 0 Å². The van der Waals surface area contributed by atoms with Crippen LogP contribution in [0.2, 0.25) is 0 Å². The van der Waals surface area contributed by atoms with Crippen molar-refractivity contribution in [3.05, 3.63) is 72.1 Å². The van der Waals surface area contributed by atoms with E-state index in [1.54, 1.807) is 30.5 Å². The first kappa shape index (κ1) is 22.7. The summed E-state index contributed by atoms with van der Waals surface area (Å²) < 4.78 is 5.64. The third-order valence-corrected chi connectivity index (χ3v) is 5.44. The average molecular weight is 443 g/mol. The number of aliphatic imine (C=N–C) groups is 1. The fourth-order valence-corrected chi connectivity index (χ4v) is 3.74. The number of nitrogens with one attached hydrogen (secondary N) is 2. The Morgan fingerprint density at radius 2 is 1.91 bits per heavy atom. The molecule has 0 fully saturated rings. The molecule has 2 heterocycles. The number of carbonyl (C=O) groups excluding carboxylic acids is 1. The van der Waals surface area contributed by atoms with Gasteiger partial charge in [-0.05, 0) is 93.1 Å². The van der Waals surface area contributed by atoms with Crippen LogP contribution in [-0.2, 0) is 0 Å². The SMILES string of the molecule is CC1=N/C=C(/c2ccc3cnc(NC(=O)c4ccc(OC(C)C)cc4)cc3c2)CCCNC1. The number of amides is 1. The third-order valence-electron chi connectivity index (χ3n) is 5.44. The highest BCUT2D eigenvalue weighted by atomic mass is 16.5. The highest BCUT2D eigenvalue weighted by molar-refractivity contribution is 6.04.